The molecule has 178 valence electrons. The maximum atomic E-state index is 13.5. The van der Waals surface area contributed by atoms with E-state index in [0.29, 0.717) is 17.6 Å². The average Bonchev–Trinajstić information content (AvgIpc) is 3.47. The van der Waals surface area contributed by atoms with Crippen LogP contribution in [0.1, 0.15) is 50.5 Å². The lowest BCUT2D eigenvalue weighted by Gasteiger charge is -2.29. The maximum Gasteiger partial charge on any atom is 0.269 e. The monoisotopic (exact) mass is 477 g/mol. The highest BCUT2D eigenvalue weighted by molar-refractivity contribution is 7.90. The van der Waals surface area contributed by atoms with E-state index < -0.39 is 10.0 Å². The van der Waals surface area contributed by atoms with Gasteiger partial charge in [-0.15, -0.1) is 0 Å². The number of pyridine rings is 1. The largest absolute Gasteiger partial charge is 0.314 e. The van der Waals surface area contributed by atoms with E-state index in [-0.39, 0.29) is 4.90 Å². The molecule has 0 atom stereocenters. The first-order chi connectivity index (χ1) is 16.5. The van der Waals surface area contributed by atoms with Crippen LogP contribution in [0.4, 0.5) is 0 Å². The summed E-state index contributed by atoms with van der Waals surface area (Å²) in [6.45, 7) is 3.27. The Kier molecular flexibility index (Phi) is 6.27. The standard InChI is InChI=1S/C26H31N5O2S/c1-3-13-27-22-11-9-19(10-12-22)20-14-24-25(21-16-29-30(2)17-21)18-31(26(24)28-15-20)34(32,33)23-7-5-4-6-8-23/h4-8,14-19,22,27H,3,9-13H2,1-2H3/t19-,22+. The minimum Gasteiger partial charge on any atom is -0.314 e. The van der Waals surface area contributed by atoms with Gasteiger partial charge in [-0.25, -0.2) is 17.4 Å². The van der Waals surface area contributed by atoms with Gasteiger partial charge >= 0.3 is 0 Å². The summed E-state index contributed by atoms with van der Waals surface area (Å²) in [5, 5.41) is 8.80. The molecule has 5 rings (SSSR count). The fourth-order valence-electron chi connectivity index (χ4n) is 4.98. The molecule has 4 aromatic rings. The highest BCUT2D eigenvalue weighted by Crippen LogP contribution is 2.37. The van der Waals surface area contributed by atoms with Crippen LogP contribution in [0.2, 0.25) is 0 Å². The molecule has 0 unspecified atom stereocenters. The second kappa shape index (κ2) is 9.35. The van der Waals surface area contributed by atoms with Gasteiger partial charge < -0.3 is 5.32 Å². The van der Waals surface area contributed by atoms with Crippen LogP contribution >= 0.6 is 0 Å². The Bertz CT molecular complexity index is 1380. The summed E-state index contributed by atoms with van der Waals surface area (Å²) >= 11 is 0. The predicted molar refractivity (Wildman–Crippen MR) is 134 cm³/mol. The fourth-order valence-corrected chi connectivity index (χ4v) is 6.32. The van der Waals surface area contributed by atoms with Crippen LogP contribution in [-0.4, -0.2) is 39.7 Å². The molecule has 0 aliphatic heterocycles. The molecule has 0 amide bonds. The Balaban J connectivity index is 1.56. The number of benzene rings is 1. The summed E-state index contributed by atoms with van der Waals surface area (Å²) in [6, 6.07) is 11.2. The minimum absolute atomic E-state index is 0.244. The van der Waals surface area contributed by atoms with Crippen molar-refractivity contribution < 1.29 is 8.42 Å². The molecule has 34 heavy (non-hydrogen) atoms. The van der Waals surface area contributed by atoms with E-state index in [1.165, 1.54) is 9.54 Å². The first-order valence-corrected chi connectivity index (χ1v) is 13.5. The highest BCUT2D eigenvalue weighted by Gasteiger charge is 2.26. The first-order valence-electron chi connectivity index (χ1n) is 12.0. The third-order valence-electron chi connectivity index (χ3n) is 6.83. The summed E-state index contributed by atoms with van der Waals surface area (Å²) < 4.78 is 30.0. The van der Waals surface area contributed by atoms with Gasteiger partial charge in [0.25, 0.3) is 10.0 Å². The molecule has 1 aromatic carbocycles. The van der Waals surface area contributed by atoms with Crippen molar-refractivity contribution in [3.63, 3.8) is 0 Å². The Labute approximate surface area is 200 Å². The number of rotatable bonds is 7. The van der Waals surface area contributed by atoms with Gasteiger partial charge in [0.05, 0.1) is 11.1 Å². The van der Waals surface area contributed by atoms with Gasteiger partial charge in [-0.05, 0) is 68.3 Å². The SMILES string of the molecule is CCCN[C@H]1CC[C@@H](c2cnc3c(c2)c(-c2cnn(C)c2)cn3S(=O)(=O)c2ccccc2)CC1. The predicted octanol–water partition coefficient (Wildman–Crippen LogP) is 4.70. The van der Waals surface area contributed by atoms with Crippen molar-refractivity contribution in [1.82, 2.24) is 24.1 Å². The van der Waals surface area contributed by atoms with Gasteiger partial charge in [-0.2, -0.15) is 5.10 Å². The second-order valence-corrected chi connectivity index (χ2v) is 11.0. The summed E-state index contributed by atoms with van der Waals surface area (Å²) in [6.07, 6.45) is 12.9. The number of hydrogen-bond donors (Lipinski definition) is 1. The molecule has 0 radical (unpaired) electrons. The Morgan fingerprint density at radius 2 is 1.82 bits per heavy atom. The lowest BCUT2D eigenvalue weighted by Crippen LogP contribution is -2.33. The van der Waals surface area contributed by atoms with Crippen molar-refractivity contribution in [1.29, 1.82) is 0 Å². The minimum atomic E-state index is -3.78. The van der Waals surface area contributed by atoms with Crippen molar-refractivity contribution in [3.8, 4) is 11.1 Å². The van der Waals surface area contributed by atoms with Gasteiger partial charge in [-0.3, -0.25) is 4.68 Å². The number of aryl methyl sites for hydroxylation is 1. The van der Waals surface area contributed by atoms with Gasteiger partial charge in [0.2, 0.25) is 0 Å². The van der Waals surface area contributed by atoms with E-state index >= 15 is 0 Å². The molecule has 0 bridgehead atoms. The van der Waals surface area contributed by atoms with Gasteiger partial charge in [0.1, 0.15) is 0 Å². The van der Waals surface area contributed by atoms with Gasteiger partial charge in [0.15, 0.2) is 5.65 Å². The topological polar surface area (TPSA) is 81.8 Å². The Morgan fingerprint density at radius 1 is 1.06 bits per heavy atom. The van der Waals surface area contributed by atoms with Gasteiger partial charge in [-0.1, -0.05) is 25.1 Å². The smallest absolute Gasteiger partial charge is 0.269 e. The van der Waals surface area contributed by atoms with E-state index in [0.717, 1.165) is 55.2 Å². The van der Waals surface area contributed by atoms with Crippen molar-refractivity contribution in [2.45, 2.75) is 55.9 Å². The zero-order valence-electron chi connectivity index (χ0n) is 19.7. The van der Waals surface area contributed by atoms with Gasteiger partial charge in [0, 0.05) is 48.2 Å². The number of aromatic nitrogens is 4. The molecule has 0 spiro atoms. The molecule has 0 saturated heterocycles. The van der Waals surface area contributed by atoms with Crippen molar-refractivity contribution in [2.24, 2.45) is 7.05 Å². The third-order valence-corrected chi connectivity index (χ3v) is 8.49. The molecule has 1 N–H and O–H groups in total. The van der Waals surface area contributed by atoms with Crippen LogP contribution < -0.4 is 5.32 Å². The van der Waals surface area contributed by atoms with E-state index in [9.17, 15) is 8.42 Å². The molecule has 3 aromatic heterocycles. The zero-order chi connectivity index (χ0) is 23.7. The van der Waals surface area contributed by atoms with Crippen LogP contribution in [0, 0.1) is 0 Å². The van der Waals surface area contributed by atoms with Crippen molar-refractivity contribution >= 4 is 21.1 Å². The van der Waals surface area contributed by atoms with Crippen LogP contribution in [0.15, 0.2) is 66.1 Å². The quantitative estimate of drug-likeness (QED) is 0.417. The summed E-state index contributed by atoms with van der Waals surface area (Å²) in [7, 11) is -1.92. The lowest BCUT2D eigenvalue weighted by atomic mass is 9.82. The molecule has 1 saturated carbocycles. The molecule has 7 nitrogen and oxygen atoms in total. The molecule has 1 aliphatic carbocycles. The van der Waals surface area contributed by atoms with Crippen LogP contribution in [0.25, 0.3) is 22.2 Å². The van der Waals surface area contributed by atoms with E-state index in [2.05, 4.69) is 23.4 Å². The molecule has 8 heteroatoms. The maximum absolute atomic E-state index is 13.5. The van der Waals surface area contributed by atoms with E-state index in [1.807, 2.05) is 25.5 Å². The zero-order valence-corrected chi connectivity index (χ0v) is 20.5. The van der Waals surface area contributed by atoms with E-state index in [1.54, 1.807) is 41.3 Å². The average molecular weight is 478 g/mol. The van der Waals surface area contributed by atoms with Crippen molar-refractivity contribution in [3.05, 3.63) is 66.7 Å². The highest BCUT2D eigenvalue weighted by atomic mass is 32.2. The summed E-state index contributed by atoms with van der Waals surface area (Å²) in [5.74, 6) is 0.437. The van der Waals surface area contributed by atoms with Crippen molar-refractivity contribution in [2.75, 3.05) is 6.54 Å². The van der Waals surface area contributed by atoms with Crippen LogP contribution in [0.5, 0.6) is 0 Å². The molecule has 1 aliphatic rings. The number of nitrogens with zero attached hydrogens (tertiary/aromatic N) is 4. The molecular formula is C26H31N5O2S. The first kappa shape index (κ1) is 22.8. The number of fused-ring (bicyclic) bond motifs is 1. The lowest BCUT2D eigenvalue weighted by molar-refractivity contribution is 0.343. The number of hydrogen-bond acceptors (Lipinski definition) is 5. The third kappa shape index (κ3) is 4.28. The Morgan fingerprint density at radius 3 is 2.50 bits per heavy atom. The van der Waals surface area contributed by atoms with Crippen LogP contribution in [-0.2, 0) is 17.1 Å². The fraction of sp³-hybridized carbons (Fsp3) is 0.385. The Hall–Kier alpha value is -2.97. The molecule has 3 heterocycles. The summed E-state index contributed by atoms with van der Waals surface area (Å²) in [5.41, 5.74) is 3.34. The van der Waals surface area contributed by atoms with Crippen LogP contribution in [0.3, 0.4) is 0 Å². The second-order valence-electron chi connectivity index (χ2n) is 9.20. The number of nitrogens with one attached hydrogen (secondary N) is 1. The summed E-state index contributed by atoms with van der Waals surface area (Å²) in [4.78, 5) is 4.95. The normalized spacial score (nSPS) is 19.0. The molecular weight excluding hydrogens is 446 g/mol. The van der Waals surface area contributed by atoms with E-state index in [4.69, 9.17) is 4.98 Å². The molecule has 1 fully saturated rings.